The van der Waals surface area contributed by atoms with Gasteiger partial charge in [0.15, 0.2) is 0 Å². The summed E-state index contributed by atoms with van der Waals surface area (Å²) >= 11 is 5.63. The quantitative estimate of drug-likeness (QED) is 0.550. The predicted octanol–water partition coefficient (Wildman–Crippen LogP) is -1.44. The van der Waals surface area contributed by atoms with Gasteiger partial charge in [-0.2, -0.15) is 0 Å². The van der Waals surface area contributed by atoms with Crippen LogP contribution in [-0.4, -0.2) is 54.7 Å². The molecule has 0 aliphatic carbocycles. The van der Waals surface area contributed by atoms with Crippen LogP contribution in [-0.2, 0) is 10.0 Å². The Kier molecular flexibility index (Phi) is 6.17. The predicted molar refractivity (Wildman–Crippen MR) is 83.4 cm³/mol. The Morgan fingerprint density at radius 3 is 2.59 bits per heavy atom. The van der Waals surface area contributed by atoms with Crippen LogP contribution in [0.3, 0.4) is 0 Å². The molecule has 1 aliphatic heterocycles. The first-order chi connectivity index (χ1) is 10.4. The molecule has 0 unspecified atom stereocenters. The molecule has 1 aromatic rings. The number of sulfonamides is 1. The second-order valence-corrected chi connectivity index (χ2v) is 7.95. The van der Waals surface area contributed by atoms with Crippen LogP contribution >= 0.6 is 11.6 Å². The van der Waals surface area contributed by atoms with Gasteiger partial charge in [-0.05, 0) is 18.2 Å². The minimum Gasteiger partial charge on any atom is -0.328 e. The molecule has 1 fully saturated rings. The normalized spacial score (nSPS) is 22.7. The van der Waals surface area contributed by atoms with Crippen LogP contribution < -0.4 is 14.5 Å². The molecule has 0 amide bonds. The molecule has 3 N–H and O–H groups in total. The topological polar surface area (TPSA) is 55.1 Å². The zero-order valence-corrected chi connectivity index (χ0v) is 14.2. The highest BCUT2D eigenvalue weighted by Gasteiger charge is 2.21. The lowest BCUT2D eigenvalue weighted by Crippen LogP contribution is -3.27. The van der Waals surface area contributed by atoms with E-state index in [0.29, 0.717) is 6.54 Å². The van der Waals surface area contributed by atoms with Gasteiger partial charge in [0, 0.05) is 18.0 Å². The minimum atomic E-state index is -3.82. The van der Waals surface area contributed by atoms with Gasteiger partial charge in [0.25, 0.3) is 0 Å². The summed E-state index contributed by atoms with van der Waals surface area (Å²) < 4.78 is 40.2. The first-order valence-corrected chi connectivity index (χ1v) is 9.34. The number of nitrogens with one attached hydrogen (secondary N) is 3. The summed E-state index contributed by atoms with van der Waals surface area (Å²) in [6.07, 6.45) is 0.739. The maximum Gasteiger partial charge on any atom is 0.243 e. The molecular formula is C14H23ClFN3O2S+2. The number of quaternary nitrogens is 2. The number of rotatable bonds is 6. The average molecular weight is 352 g/mol. The van der Waals surface area contributed by atoms with E-state index in [0.717, 1.165) is 45.2 Å². The summed E-state index contributed by atoms with van der Waals surface area (Å²) in [5, 5.41) is 0.178. The molecule has 1 heterocycles. The highest BCUT2D eigenvalue weighted by Crippen LogP contribution is 2.18. The van der Waals surface area contributed by atoms with Gasteiger partial charge in [-0.25, -0.2) is 17.5 Å². The van der Waals surface area contributed by atoms with Crippen LogP contribution in [0.4, 0.5) is 4.39 Å². The Morgan fingerprint density at radius 1 is 1.27 bits per heavy atom. The number of halogens is 2. The van der Waals surface area contributed by atoms with Crippen molar-refractivity contribution in [1.29, 1.82) is 0 Å². The van der Waals surface area contributed by atoms with Crippen LogP contribution in [0.15, 0.2) is 23.1 Å². The lowest BCUT2D eigenvalue weighted by Gasteiger charge is -2.27. The van der Waals surface area contributed by atoms with E-state index in [1.165, 1.54) is 17.0 Å². The van der Waals surface area contributed by atoms with E-state index < -0.39 is 15.8 Å². The van der Waals surface area contributed by atoms with Gasteiger partial charge in [0.2, 0.25) is 10.0 Å². The molecule has 0 radical (unpaired) electrons. The van der Waals surface area contributed by atoms with Crippen LogP contribution in [0.2, 0.25) is 5.02 Å². The molecule has 0 spiro atoms. The van der Waals surface area contributed by atoms with E-state index in [1.54, 1.807) is 4.90 Å². The van der Waals surface area contributed by atoms with Crippen LogP contribution in [0, 0.1) is 5.82 Å². The lowest BCUT2D eigenvalue weighted by atomic mass is 10.3. The molecule has 5 nitrogen and oxygen atoms in total. The van der Waals surface area contributed by atoms with Gasteiger partial charge in [-0.3, -0.25) is 0 Å². The first-order valence-electron chi connectivity index (χ1n) is 7.48. The smallest absolute Gasteiger partial charge is 0.243 e. The Hall–Kier alpha value is -0.730. The van der Waals surface area contributed by atoms with Crippen molar-refractivity contribution >= 4 is 21.6 Å². The van der Waals surface area contributed by atoms with E-state index in [4.69, 9.17) is 11.6 Å². The number of hydrogen-bond donors (Lipinski definition) is 3. The first kappa shape index (κ1) is 17.6. The Balaban J connectivity index is 1.80. The molecule has 1 aromatic carbocycles. The van der Waals surface area contributed by atoms with Gasteiger partial charge < -0.3 is 9.80 Å². The number of benzene rings is 1. The Bertz CT molecular complexity index is 604. The summed E-state index contributed by atoms with van der Waals surface area (Å²) in [5.74, 6) is -0.826. The molecular weight excluding hydrogens is 329 g/mol. The highest BCUT2D eigenvalue weighted by atomic mass is 35.5. The second kappa shape index (κ2) is 7.70. The molecule has 8 heteroatoms. The van der Waals surface area contributed by atoms with E-state index in [2.05, 4.69) is 11.8 Å². The van der Waals surface area contributed by atoms with Crippen molar-refractivity contribution in [3.05, 3.63) is 29.0 Å². The molecule has 0 bridgehead atoms. The number of piperazine rings is 1. The summed E-state index contributed by atoms with van der Waals surface area (Å²) in [4.78, 5) is 2.69. The SMILES string of the molecule is C[NH+]1CC[NH+](CCCNS(=O)(=O)c2ccc(Cl)cc2F)CC1. The highest BCUT2D eigenvalue weighted by molar-refractivity contribution is 7.89. The summed E-state index contributed by atoms with van der Waals surface area (Å²) in [5.41, 5.74) is 0. The maximum atomic E-state index is 13.7. The molecule has 0 saturated carbocycles. The lowest BCUT2D eigenvalue weighted by molar-refractivity contribution is -1.00. The van der Waals surface area contributed by atoms with Crippen molar-refractivity contribution in [1.82, 2.24) is 4.72 Å². The minimum absolute atomic E-state index is 0.178. The van der Waals surface area contributed by atoms with Crippen LogP contribution in [0.5, 0.6) is 0 Å². The van der Waals surface area contributed by atoms with Gasteiger partial charge in [0.05, 0.1) is 13.6 Å². The van der Waals surface area contributed by atoms with E-state index >= 15 is 0 Å². The number of hydrogen-bond acceptors (Lipinski definition) is 2. The fourth-order valence-corrected chi connectivity index (χ4v) is 3.89. The maximum absolute atomic E-state index is 13.7. The fraction of sp³-hybridized carbons (Fsp3) is 0.571. The molecule has 0 aromatic heterocycles. The molecule has 124 valence electrons. The molecule has 2 rings (SSSR count). The van der Waals surface area contributed by atoms with Crippen molar-refractivity contribution in [3.8, 4) is 0 Å². The van der Waals surface area contributed by atoms with Crippen molar-refractivity contribution < 1.29 is 22.6 Å². The summed E-state index contributed by atoms with van der Waals surface area (Å²) in [7, 11) is -1.63. The third kappa shape index (κ3) is 4.89. The monoisotopic (exact) mass is 351 g/mol. The molecule has 1 aliphatic rings. The van der Waals surface area contributed by atoms with Crippen molar-refractivity contribution in [2.45, 2.75) is 11.3 Å². The van der Waals surface area contributed by atoms with Gasteiger partial charge in [-0.1, -0.05) is 11.6 Å². The third-order valence-corrected chi connectivity index (χ3v) is 5.72. The second-order valence-electron chi connectivity index (χ2n) is 5.78. The van der Waals surface area contributed by atoms with E-state index in [9.17, 15) is 12.8 Å². The molecule has 1 saturated heterocycles. The largest absolute Gasteiger partial charge is 0.328 e. The van der Waals surface area contributed by atoms with Gasteiger partial charge in [0.1, 0.15) is 36.9 Å². The summed E-state index contributed by atoms with van der Waals surface area (Å²) in [6, 6.07) is 3.57. The molecule has 22 heavy (non-hydrogen) atoms. The van der Waals surface area contributed by atoms with E-state index in [-0.39, 0.29) is 9.92 Å². The van der Waals surface area contributed by atoms with Crippen LogP contribution in [0.1, 0.15) is 6.42 Å². The molecule has 0 atom stereocenters. The van der Waals surface area contributed by atoms with Gasteiger partial charge in [-0.15, -0.1) is 0 Å². The third-order valence-electron chi connectivity index (χ3n) is 3.99. The van der Waals surface area contributed by atoms with Crippen molar-refractivity contribution in [2.75, 3.05) is 46.3 Å². The fourth-order valence-electron chi connectivity index (χ4n) is 2.60. The van der Waals surface area contributed by atoms with Crippen LogP contribution in [0.25, 0.3) is 0 Å². The Labute approximate surface area is 136 Å². The van der Waals surface area contributed by atoms with Crippen molar-refractivity contribution in [2.24, 2.45) is 0 Å². The number of likely N-dealkylation sites (N-methyl/N-ethyl adjacent to an activating group) is 1. The zero-order valence-electron chi connectivity index (χ0n) is 12.7. The van der Waals surface area contributed by atoms with Crippen molar-refractivity contribution in [3.63, 3.8) is 0 Å². The summed E-state index contributed by atoms with van der Waals surface area (Å²) in [6.45, 7) is 5.78. The Morgan fingerprint density at radius 2 is 1.95 bits per heavy atom. The van der Waals surface area contributed by atoms with Gasteiger partial charge >= 0.3 is 0 Å². The van der Waals surface area contributed by atoms with E-state index in [1.807, 2.05) is 0 Å². The standard InChI is InChI=1S/C14H21ClFN3O2S/c1-18-7-9-19(10-8-18)6-2-5-17-22(20,21)14-4-3-12(15)11-13(14)16/h3-4,11,17H,2,5-10H2,1H3/p+2. The average Bonchev–Trinajstić information content (AvgIpc) is 2.45. The zero-order chi connectivity index (χ0) is 16.2.